The van der Waals surface area contributed by atoms with E-state index in [2.05, 4.69) is 0 Å². The molecule has 0 bridgehead atoms. The van der Waals surface area contributed by atoms with Crippen LogP contribution in [0.15, 0.2) is 35.5 Å². The van der Waals surface area contributed by atoms with Gasteiger partial charge in [0.1, 0.15) is 29.8 Å². The molecular formula is C19H21ClN2O8. The second kappa shape index (κ2) is 9.57. The summed E-state index contributed by atoms with van der Waals surface area (Å²) in [6.45, 7) is 4.64. The van der Waals surface area contributed by atoms with Crippen molar-refractivity contribution in [1.82, 2.24) is 4.90 Å². The molecule has 0 aromatic heterocycles. The van der Waals surface area contributed by atoms with Crippen molar-refractivity contribution in [2.24, 2.45) is 5.92 Å². The molecule has 0 radical (unpaired) electrons. The van der Waals surface area contributed by atoms with Gasteiger partial charge in [0.2, 0.25) is 5.91 Å². The first-order valence-electron chi connectivity index (χ1n) is 9.05. The molecule has 1 aliphatic rings. The zero-order valence-corrected chi connectivity index (χ0v) is 17.3. The summed E-state index contributed by atoms with van der Waals surface area (Å²) >= 11 is 6.23. The number of carboxylic acid groups (broad SMARTS) is 1. The number of carbonyl (C=O) groups excluding carboxylic acids is 2. The van der Waals surface area contributed by atoms with Gasteiger partial charge in [0.05, 0.1) is 4.92 Å². The lowest BCUT2D eigenvalue weighted by atomic mass is 9.91. The van der Waals surface area contributed by atoms with Crippen molar-refractivity contribution in [2.75, 3.05) is 0 Å². The minimum Gasteiger partial charge on any atom is -0.477 e. The summed E-state index contributed by atoms with van der Waals surface area (Å²) in [6.07, 6.45) is -1.56. The molecule has 0 spiro atoms. The van der Waals surface area contributed by atoms with Crippen molar-refractivity contribution < 1.29 is 33.9 Å². The minimum absolute atomic E-state index is 0.0933. The van der Waals surface area contributed by atoms with E-state index in [-0.39, 0.29) is 18.0 Å². The Balaban J connectivity index is 1.94. The molecule has 162 valence electrons. The topological polar surface area (TPSA) is 136 Å². The summed E-state index contributed by atoms with van der Waals surface area (Å²) in [7, 11) is 0. The molecule has 3 atom stereocenters. The molecule has 0 saturated carbocycles. The highest BCUT2D eigenvalue weighted by Gasteiger charge is 2.53. The van der Waals surface area contributed by atoms with Crippen molar-refractivity contribution in [3.8, 4) is 0 Å². The Labute approximate surface area is 177 Å². The first-order chi connectivity index (χ1) is 14.1. The van der Waals surface area contributed by atoms with Crippen LogP contribution in [0.4, 0.5) is 10.5 Å². The fraction of sp³-hybridized carbons (Fsp3) is 0.421. The van der Waals surface area contributed by atoms with Crippen LogP contribution < -0.4 is 0 Å². The van der Waals surface area contributed by atoms with Gasteiger partial charge in [-0.15, -0.1) is 0 Å². The number of allylic oxidation sites excluding steroid dienone is 1. The monoisotopic (exact) mass is 440 g/mol. The Morgan fingerprint density at radius 1 is 1.33 bits per heavy atom. The fourth-order valence-corrected chi connectivity index (χ4v) is 3.42. The van der Waals surface area contributed by atoms with Crippen LogP contribution in [0.25, 0.3) is 0 Å². The molecule has 1 aromatic rings. The first-order valence-corrected chi connectivity index (χ1v) is 9.49. The van der Waals surface area contributed by atoms with Gasteiger partial charge < -0.3 is 14.6 Å². The molecule has 1 fully saturated rings. The molecule has 11 heteroatoms. The van der Waals surface area contributed by atoms with Crippen molar-refractivity contribution in [1.29, 1.82) is 0 Å². The Morgan fingerprint density at radius 3 is 2.40 bits per heavy atom. The van der Waals surface area contributed by atoms with Gasteiger partial charge in [-0.3, -0.25) is 19.8 Å². The van der Waals surface area contributed by atoms with Gasteiger partial charge in [0, 0.05) is 12.1 Å². The summed E-state index contributed by atoms with van der Waals surface area (Å²) in [5.41, 5.74) is -0.243. The van der Waals surface area contributed by atoms with Crippen LogP contribution in [-0.2, 0) is 25.7 Å². The van der Waals surface area contributed by atoms with Gasteiger partial charge >= 0.3 is 12.1 Å². The van der Waals surface area contributed by atoms with Crippen LogP contribution in [-0.4, -0.2) is 44.6 Å². The highest BCUT2D eigenvalue weighted by molar-refractivity contribution is 6.26. The maximum atomic E-state index is 12.5. The molecule has 1 heterocycles. The molecule has 0 aliphatic carbocycles. The lowest BCUT2D eigenvalue weighted by Crippen LogP contribution is -2.62. The van der Waals surface area contributed by atoms with E-state index in [0.29, 0.717) is 17.6 Å². The molecule has 0 unspecified atom stereocenters. The molecule has 1 aliphatic heterocycles. The lowest BCUT2D eigenvalue weighted by Gasteiger charge is -2.45. The summed E-state index contributed by atoms with van der Waals surface area (Å²) in [4.78, 5) is 47.0. The molecule has 1 N–H and O–H groups in total. The third-order valence-electron chi connectivity index (χ3n) is 4.74. The predicted octanol–water partition coefficient (Wildman–Crippen LogP) is 3.43. The van der Waals surface area contributed by atoms with Crippen molar-refractivity contribution in [3.63, 3.8) is 0 Å². The Bertz CT molecular complexity index is 883. The SMILES string of the molecule is CCC(C)=C(C(=O)O)N1C(=O)[C@H]([C@H](C)OC(=O)OCc2ccc([N+](=O)[O-])cc2)[C@H]1Cl. The van der Waals surface area contributed by atoms with Crippen LogP contribution in [0.1, 0.15) is 32.8 Å². The van der Waals surface area contributed by atoms with E-state index in [1.54, 1.807) is 13.8 Å². The number of nitro benzene ring substituents is 1. The number of likely N-dealkylation sites (tertiary alicyclic amines) is 1. The predicted molar refractivity (Wildman–Crippen MR) is 104 cm³/mol. The van der Waals surface area contributed by atoms with Crippen LogP contribution in [0.2, 0.25) is 0 Å². The van der Waals surface area contributed by atoms with Gasteiger partial charge in [0.25, 0.3) is 5.69 Å². The van der Waals surface area contributed by atoms with Gasteiger partial charge in [-0.05, 0) is 43.5 Å². The Kier molecular flexibility index (Phi) is 7.38. The van der Waals surface area contributed by atoms with E-state index in [4.69, 9.17) is 21.1 Å². The molecular weight excluding hydrogens is 420 g/mol. The van der Waals surface area contributed by atoms with E-state index >= 15 is 0 Å². The summed E-state index contributed by atoms with van der Waals surface area (Å²) in [5, 5.41) is 20.0. The van der Waals surface area contributed by atoms with Crippen molar-refractivity contribution in [2.45, 2.75) is 45.4 Å². The number of hydrogen-bond donors (Lipinski definition) is 1. The van der Waals surface area contributed by atoms with Gasteiger partial charge in [-0.25, -0.2) is 9.59 Å². The average Bonchev–Trinajstić information content (AvgIpc) is 2.69. The number of carbonyl (C=O) groups is 3. The number of ether oxygens (including phenoxy) is 2. The third kappa shape index (κ3) is 4.88. The number of carboxylic acids is 1. The highest BCUT2D eigenvalue weighted by atomic mass is 35.5. The maximum absolute atomic E-state index is 12.5. The number of benzene rings is 1. The molecule has 2 rings (SSSR count). The van der Waals surface area contributed by atoms with E-state index in [1.807, 2.05) is 0 Å². The van der Waals surface area contributed by atoms with E-state index < -0.39 is 40.5 Å². The largest absolute Gasteiger partial charge is 0.508 e. The summed E-state index contributed by atoms with van der Waals surface area (Å²) in [5.74, 6) is -2.74. The number of nitro groups is 1. The number of aliphatic carboxylic acids is 1. The number of β-lactam (4-membered cyclic amide) rings is 1. The fourth-order valence-electron chi connectivity index (χ4n) is 2.91. The average molecular weight is 441 g/mol. The number of nitrogens with zero attached hydrogens (tertiary/aromatic N) is 2. The summed E-state index contributed by atoms with van der Waals surface area (Å²) < 4.78 is 10.0. The van der Waals surface area contributed by atoms with Crippen LogP contribution in [0.5, 0.6) is 0 Å². The number of alkyl halides is 1. The molecule has 1 saturated heterocycles. The van der Waals surface area contributed by atoms with Crippen LogP contribution >= 0.6 is 11.6 Å². The zero-order valence-electron chi connectivity index (χ0n) is 16.5. The lowest BCUT2D eigenvalue weighted by molar-refractivity contribution is -0.384. The molecule has 1 amide bonds. The number of non-ortho nitro benzene ring substituents is 1. The first kappa shape index (κ1) is 23.1. The van der Waals surface area contributed by atoms with E-state index in [1.165, 1.54) is 31.2 Å². The van der Waals surface area contributed by atoms with Gasteiger partial charge in [0.15, 0.2) is 0 Å². The van der Waals surface area contributed by atoms with E-state index in [0.717, 1.165) is 4.90 Å². The van der Waals surface area contributed by atoms with Gasteiger partial charge in [-0.2, -0.15) is 0 Å². The summed E-state index contributed by atoms with van der Waals surface area (Å²) in [6, 6.07) is 5.43. The standard InChI is InChI=1S/C19H21ClN2O8/c1-4-10(2)15(18(24)25)21-16(20)14(17(21)23)11(3)30-19(26)29-9-12-5-7-13(8-6-12)22(27)28/h5-8,11,14,16H,4,9H2,1-3H3,(H,24,25)/t11-,14+,16-/m0/s1. The maximum Gasteiger partial charge on any atom is 0.508 e. The minimum atomic E-state index is -1.26. The number of hydrogen-bond acceptors (Lipinski definition) is 7. The number of amides is 1. The number of rotatable bonds is 8. The van der Waals surface area contributed by atoms with Gasteiger partial charge in [-0.1, -0.05) is 18.5 Å². The molecule has 30 heavy (non-hydrogen) atoms. The van der Waals surface area contributed by atoms with Crippen molar-refractivity contribution >= 4 is 35.3 Å². The highest BCUT2D eigenvalue weighted by Crippen LogP contribution is 2.38. The molecule has 1 aromatic carbocycles. The van der Waals surface area contributed by atoms with Crippen LogP contribution in [0, 0.1) is 16.0 Å². The molecule has 10 nitrogen and oxygen atoms in total. The van der Waals surface area contributed by atoms with Crippen molar-refractivity contribution in [3.05, 3.63) is 51.2 Å². The zero-order chi connectivity index (χ0) is 22.6. The second-order valence-corrected chi connectivity index (χ2v) is 7.13. The quantitative estimate of drug-likeness (QED) is 0.123. The number of halogens is 1. The smallest absolute Gasteiger partial charge is 0.477 e. The Morgan fingerprint density at radius 2 is 1.93 bits per heavy atom. The van der Waals surface area contributed by atoms with E-state index in [9.17, 15) is 29.6 Å². The van der Waals surface area contributed by atoms with Crippen LogP contribution in [0.3, 0.4) is 0 Å². The second-order valence-electron chi connectivity index (χ2n) is 6.68. The Hall–Kier alpha value is -3.14. The normalized spacial score (nSPS) is 20.0. The third-order valence-corrected chi connectivity index (χ3v) is 5.20.